The Balaban J connectivity index is 2.31. The van der Waals surface area contributed by atoms with Crippen LogP contribution < -0.4 is 5.32 Å². The maximum atomic E-state index is 10.9. The minimum atomic E-state index is -0.849. The van der Waals surface area contributed by atoms with Gasteiger partial charge in [0.1, 0.15) is 0 Å². The summed E-state index contributed by atoms with van der Waals surface area (Å²) < 4.78 is 4.89. The highest BCUT2D eigenvalue weighted by Crippen LogP contribution is 2.11. The fourth-order valence-electron chi connectivity index (χ4n) is 1.86. The second-order valence-electron chi connectivity index (χ2n) is 3.93. The van der Waals surface area contributed by atoms with Gasteiger partial charge in [0, 0.05) is 20.2 Å². The third kappa shape index (κ3) is 4.48. The van der Waals surface area contributed by atoms with E-state index in [9.17, 15) is 4.79 Å². The number of nitrogens with zero attached hydrogens (tertiary/aromatic N) is 1. The molecular formula is C10H20N2O3. The van der Waals surface area contributed by atoms with Gasteiger partial charge in [-0.25, -0.2) is 4.79 Å². The summed E-state index contributed by atoms with van der Waals surface area (Å²) in [6.07, 6.45) is 1.41. The average molecular weight is 216 g/mol. The van der Waals surface area contributed by atoms with Crippen molar-refractivity contribution in [2.75, 3.05) is 39.9 Å². The monoisotopic (exact) mass is 216 g/mol. The van der Waals surface area contributed by atoms with E-state index in [0.29, 0.717) is 25.6 Å². The Bertz CT molecular complexity index is 193. The lowest BCUT2D eigenvalue weighted by Gasteiger charge is -2.28. The molecule has 2 N–H and O–H groups in total. The van der Waals surface area contributed by atoms with Gasteiger partial charge in [0.05, 0.1) is 6.61 Å². The van der Waals surface area contributed by atoms with Gasteiger partial charge in [-0.3, -0.25) is 0 Å². The molecule has 15 heavy (non-hydrogen) atoms. The zero-order valence-corrected chi connectivity index (χ0v) is 9.24. The fourth-order valence-corrected chi connectivity index (χ4v) is 1.86. The topological polar surface area (TPSA) is 61.8 Å². The summed E-state index contributed by atoms with van der Waals surface area (Å²) in [6.45, 7) is 3.53. The van der Waals surface area contributed by atoms with Crippen molar-refractivity contribution in [3.8, 4) is 0 Å². The molecule has 0 saturated carbocycles. The summed E-state index contributed by atoms with van der Waals surface area (Å²) in [5.74, 6) is 0.451. The number of carbonyl (C=O) groups is 1. The molecule has 1 heterocycles. The standard InChI is InChI=1S/C10H20N2O3/c1-15-6-5-12(10(13)14)8-9-3-2-4-11-7-9/h9,11H,2-8H2,1H3,(H,13,14)/t9-/m1/s1. The smallest absolute Gasteiger partial charge is 0.407 e. The van der Waals surface area contributed by atoms with Crippen molar-refractivity contribution in [2.24, 2.45) is 5.92 Å². The van der Waals surface area contributed by atoms with Crippen molar-refractivity contribution in [1.82, 2.24) is 10.2 Å². The number of amides is 1. The van der Waals surface area contributed by atoms with E-state index in [1.807, 2.05) is 0 Å². The van der Waals surface area contributed by atoms with Crippen molar-refractivity contribution >= 4 is 6.09 Å². The molecule has 0 aromatic rings. The number of hydrogen-bond acceptors (Lipinski definition) is 3. The largest absolute Gasteiger partial charge is 0.465 e. The van der Waals surface area contributed by atoms with E-state index in [1.165, 1.54) is 4.90 Å². The molecule has 1 fully saturated rings. The van der Waals surface area contributed by atoms with Crippen LogP contribution in [0.3, 0.4) is 0 Å². The summed E-state index contributed by atoms with van der Waals surface area (Å²) in [4.78, 5) is 12.4. The molecule has 0 radical (unpaired) electrons. The van der Waals surface area contributed by atoms with Gasteiger partial charge in [-0.15, -0.1) is 0 Å². The van der Waals surface area contributed by atoms with Crippen LogP contribution in [0.5, 0.6) is 0 Å². The number of nitrogens with one attached hydrogen (secondary N) is 1. The summed E-state index contributed by atoms with van der Waals surface area (Å²) in [6, 6.07) is 0. The van der Waals surface area contributed by atoms with E-state index in [2.05, 4.69) is 5.32 Å². The van der Waals surface area contributed by atoms with Crippen LogP contribution in [-0.2, 0) is 4.74 Å². The molecule has 0 spiro atoms. The zero-order chi connectivity index (χ0) is 11.1. The molecule has 88 valence electrons. The normalized spacial score (nSPS) is 21.3. The maximum absolute atomic E-state index is 10.9. The van der Waals surface area contributed by atoms with Gasteiger partial charge < -0.3 is 20.1 Å². The molecule has 0 aromatic heterocycles. The molecule has 0 unspecified atom stereocenters. The number of methoxy groups -OCH3 is 1. The van der Waals surface area contributed by atoms with Gasteiger partial charge in [0.2, 0.25) is 0 Å². The van der Waals surface area contributed by atoms with E-state index < -0.39 is 6.09 Å². The summed E-state index contributed by atoms with van der Waals surface area (Å²) in [7, 11) is 1.59. The lowest BCUT2D eigenvalue weighted by atomic mass is 9.99. The first kappa shape index (κ1) is 12.3. The van der Waals surface area contributed by atoms with Crippen LogP contribution in [0.25, 0.3) is 0 Å². The van der Waals surface area contributed by atoms with E-state index in [0.717, 1.165) is 25.9 Å². The molecule has 1 aliphatic heterocycles. The molecule has 1 atom stereocenters. The Labute approximate surface area is 90.4 Å². The minimum Gasteiger partial charge on any atom is -0.465 e. The molecule has 1 rings (SSSR count). The third-order valence-electron chi connectivity index (χ3n) is 2.71. The van der Waals surface area contributed by atoms with Crippen LogP contribution in [0, 0.1) is 5.92 Å². The number of piperidine rings is 1. The maximum Gasteiger partial charge on any atom is 0.407 e. The predicted molar refractivity (Wildman–Crippen MR) is 57.1 cm³/mol. The van der Waals surface area contributed by atoms with Crippen molar-refractivity contribution in [1.29, 1.82) is 0 Å². The molecule has 5 nitrogen and oxygen atoms in total. The van der Waals surface area contributed by atoms with Crippen LogP contribution in [0.1, 0.15) is 12.8 Å². The Hall–Kier alpha value is -0.810. The zero-order valence-electron chi connectivity index (χ0n) is 9.24. The quantitative estimate of drug-likeness (QED) is 0.707. The Kier molecular flexibility index (Phi) is 5.42. The van der Waals surface area contributed by atoms with E-state index in [1.54, 1.807) is 7.11 Å². The van der Waals surface area contributed by atoms with Crippen LogP contribution in [0.15, 0.2) is 0 Å². The fraction of sp³-hybridized carbons (Fsp3) is 0.900. The van der Waals surface area contributed by atoms with Gasteiger partial charge in [0.15, 0.2) is 0 Å². The van der Waals surface area contributed by atoms with Crippen LogP contribution in [0.4, 0.5) is 4.79 Å². The summed E-state index contributed by atoms with van der Waals surface area (Å²) >= 11 is 0. The number of carboxylic acid groups (broad SMARTS) is 1. The van der Waals surface area contributed by atoms with E-state index in [4.69, 9.17) is 9.84 Å². The average Bonchev–Trinajstić information content (AvgIpc) is 2.25. The van der Waals surface area contributed by atoms with Gasteiger partial charge in [-0.2, -0.15) is 0 Å². The number of rotatable bonds is 5. The molecule has 1 amide bonds. The summed E-state index contributed by atoms with van der Waals surface area (Å²) in [5.41, 5.74) is 0. The van der Waals surface area contributed by atoms with Gasteiger partial charge >= 0.3 is 6.09 Å². The highest BCUT2D eigenvalue weighted by atomic mass is 16.5. The Morgan fingerprint density at radius 3 is 3.00 bits per heavy atom. The second kappa shape index (κ2) is 6.63. The van der Waals surface area contributed by atoms with Crippen molar-refractivity contribution in [3.05, 3.63) is 0 Å². The molecule has 1 saturated heterocycles. The van der Waals surface area contributed by atoms with Gasteiger partial charge in [-0.05, 0) is 31.8 Å². The molecule has 0 aromatic carbocycles. The molecule has 1 aliphatic rings. The van der Waals surface area contributed by atoms with Gasteiger partial charge in [-0.1, -0.05) is 0 Å². The Morgan fingerprint density at radius 2 is 2.47 bits per heavy atom. The molecule has 5 heteroatoms. The van der Waals surface area contributed by atoms with Crippen LogP contribution in [0.2, 0.25) is 0 Å². The minimum absolute atomic E-state index is 0.451. The first-order valence-corrected chi connectivity index (χ1v) is 5.41. The van der Waals surface area contributed by atoms with E-state index in [-0.39, 0.29) is 0 Å². The van der Waals surface area contributed by atoms with Crippen molar-refractivity contribution in [3.63, 3.8) is 0 Å². The van der Waals surface area contributed by atoms with Gasteiger partial charge in [0.25, 0.3) is 0 Å². The predicted octanol–water partition coefficient (Wildman–Crippen LogP) is 0.612. The van der Waals surface area contributed by atoms with E-state index >= 15 is 0 Å². The SMILES string of the molecule is COCCN(C[C@@H]1CCCNC1)C(=O)O. The van der Waals surface area contributed by atoms with Crippen LogP contribution >= 0.6 is 0 Å². The highest BCUT2D eigenvalue weighted by molar-refractivity contribution is 5.64. The molecular weight excluding hydrogens is 196 g/mol. The third-order valence-corrected chi connectivity index (χ3v) is 2.71. The highest BCUT2D eigenvalue weighted by Gasteiger charge is 2.19. The first-order chi connectivity index (χ1) is 7.24. The lowest BCUT2D eigenvalue weighted by Crippen LogP contribution is -2.41. The molecule has 0 bridgehead atoms. The molecule has 0 aliphatic carbocycles. The first-order valence-electron chi connectivity index (χ1n) is 5.41. The summed E-state index contributed by atoms with van der Waals surface area (Å²) in [5, 5.41) is 12.3. The van der Waals surface area contributed by atoms with Crippen molar-refractivity contribution in [2.45, 2.75) is 12.8 Å². The Morgan fingerprint density at radius 1 is 1.67 bits per heavy atom. The second-order valence-corrected chi connectivity index (χ2v) is 3.93. The number of ether oxygens (including phenoxy) is 1. The lowest BCUT2D eigenvalue weighted by molar-refractivity contribution is 0.107. The number of hydrogen-bond donors (Lipinski definition) is 2. The van der Waals surface area contributed by atoms with Crippen LogP contribution in [-0.4, -0.2) is 56.0 Å². The van der Waals surface area contributed by atoms with Crippen molar-refractivity contribution < 1.29 is 14.6 Å².